The van der Waals surface area contributed by atoms with E-state index < -0.39 is 0 Å². The molecule has 0 unspecified atom stereocenters. The van der Waals surface area contributed by atoms with Gasteiger partial charge in [-0.2, -0.15) is 0 Å². The summed E-state index contributed by atoms with van der Waals surface area (Å²) in [6, 6.07) is 0. The Morgan fingerprint density at radius 2 is 1.84 bits per heavy atom. The van der Waals surface area contributed by atoms with Crippen LogP contribution in [0.2, 0.25) is 0 Å². The second-order valence-corrected chi connectivity index (χ2v) is 5.67. The van der Waals surface area contributed by atoms with E-state index >= 15 is 0 Å². The lowest BCUT2D eigenvalue weighted by Gasteiger charge is -2.19. The fourth-order valence-electron chi connectivity index (χ4n) is 2.35. The first-order chi connectivity index (χ1) is 9.02. The maximum Gasteiger partial charge on any atom is 0.220 e. The van der Waals surface area contributed by atoms with Gasteiger partial charge in [-0.15, -0.1) is 0 Å². The molecule has 0 aliphatic heterocycles. The van der Waals surface area contributed by atoms with E-state index in [-0.39, 0.29) is 5.43 Å². The summed E-state index contributed by atoms with van der Waals surface area (Å²) in [6.45, 7) is 12.8. The Labute approximate surface area is 121 Å². The van der Waals surface area contributed by atoms with Crippen molar-refractivity contribution in [3.8, 4) is 0 Å². The third kappa shape index (κ3) is 4.11. The molecule has 0 aliphatic carbocycles. The molecular weight excluding hydrogens is 256 g/mol. The molecule has 3 nitrogen and oxygen atoms in total. The molecule has 1 aromatic rings. The third-order valence-electron chi connectivity index (χ3n) is 3.62. The van der Waals surface area contributed by atoms with Crippen LogP contribution < -0.4 is 10.7 Å². The summed E-state index contributed by atoms with van der Waals surface area (Å²) in [5.74, 6) is 0.336. The Morgan fingerprint density at radius 3 is 2.37 bits per heavy atom. The van der Waals surface area contributed by atoms with Crippen molar-refractivity contribution < 1.29 is 0 Å². The summed E-state index contributed by atoms with van der Waals surface area (Å²) in [5.41, 5.74) is 1.84. The van der Waals surface area contributed by atoms with Crippen molar-refractivity contribution >= 4 is 17.9 Å². The molecule has 0 saturated carbocycles. The van der Waals surface area contributed by atoms with Gasteiger partial charge in [0.05, 0.1) is 10.2 Å². The van der Waals surface area contributed by atoms with E-state index in [2.05, 4.69) is 37.9 Å². The maximum absolute atomic E-state index is 11.7. The van der Waals surface area contributed by atoms with Crippen molar-refractivity contribution in [2.24, 2.45) is 0 Å². The Morgan fingerprint density at radius 1 is 1.21 bits per heavy atom. The van der Waals surface area contributed by atoms with Crippen LogP contribution in [0.5, 0.6) is 0 Å². The van der Waals surface area contributed by atoms with E-state index in [9.17, 15) is 4.79 Å². The highest BCUT2D eigenvalue weighted by Crippen LogP contribution is 2.25. The predicted molar refractivity (Wildman–Crippen MR) is 85.5 cm³/mol. The summed E-state index contributed by atoms with van der Waals surface area (Å²) in [6.07, 6.45) is 2.25. The molecule has 4 heteroatoms. The number of hydrogen-bond acceptors (Lipinski definition) is 4. The zero-order valence-corrected chi connectivity index (χ0v) is 13.4. The molecule has 0 saturated heterocycles. The SMILES string of the molecule is CCN(CC)CCCCNc1c(C(C)C)c(=S)c1=O. The van der Waals surface area contributed by atoms with E-state index in [4.69, 9.17) is 12.2 Å². The molecule has 108 valence electrons. The highest BCUT2D eigenvalue weighted by molar-refractivity contribution is 7.71. The number of nitrogens with one attached hydrogen (secondary N) is 1. The highest BCUT2D eigenvalue weighted by Gasteiger charge is 2.19. The summed E-state index contributed by atoms with van der Waals surface area (Å²) >= 11 is 5.09. The van der Waals surface area contributed by atoms with Gasteiger partial charge in [0, 0.05) is 12.1 Å². The topological polar surface area (TPSA) is 32.3 Å². The van der Waals surface area contributed by atoms with Crippen LogP contribution in [-0.4, -0.2) is 31.1 Å². The van der Waals surface area contributed by atoms with Crippen molar-refractivity contribution in [2.45, 2.75) is 46.5 Å². The van der Waals surface area contributed by atoms with Gasteiger partial charge in [-0.05, 0) is 38.4 Å². The Balaban J connectivity index is 2.33. The van der Waals surface area contributed by atoms with Crippen LogP contribution in [0.4, 0.5) is 5.69 Å². The van der Waals surface area contributed by atoms with Crippen LogP contribution in [0.3, 0.4) is 0 Å². The van der Waals surface area contributed by atoms with Crippen molar-refractivity contribution in [1.82, 2.24) is 4.90 Å². The lowest BCUT2D eigenvalue weighted by Crippen LogP contribution is -2.25. The lowest BCUT2D eigenvalue weighted by atomic mass is 9.96. The van der Waals surface area contributed by atoms with Crippen LogP contribution >= 0.6 is 12.2 Å². The molecule has 1 aromatic carbocycles. The Kier molecular flexibility index (Phi) is 6.66. The van der Waals surface area contributed by atoms with Gasteiger partial charge in [0.2, 0.25) is 5.43 Å². The fourth-order valence-corrected chi connectivity index (χ4v) is 2.79. The van der Waals surface area contributed by atoms with E-state index in [0.29, 0.717) is 10.4 Å². The second kappa shape index (κ2) is 7.75. The first kappa shape index (κ1) is 16.3. The van der Waals surface area contributed by atoms with Crippen molar-refractivity contribution in [1.29, 1.82) is 0 Å². The van der Waals surface area contributed by atoms with Crippen LogP contribution in [0.1, 0.15) is 52.0 Å². The summed E-state index contributed by atoms with van der Waals surface area (Å²) < 4.78 is 0.528. The molecule has 0 atom stereocenters. The standard InChI is InChI=1S/C15H26N2OS/c1-5-17(6-2)10-8-7-9-16-13-12(11(3)4)15(19)14(13)18/h11,16H,5-10H2,1-4H3. The molecule has 0 radical (unpaired) electrons. The molecule has 0 amide bonds. The van der Waals surface area contributed by atoms with Crippen molar-refractivity contribution in [3.63, 3.8) is 0 Å². The summed E-state index contributed by atoms with van der Waals surface area (Å²) in [7, 11) is 0. The van der Waals surface area contributed by atoms with Crippen LogP contribution in [-0.2, 0) is 0 Å². The van der Waals surface area contributed by atoms with Gasteiger partial charge >= 0.3 is 0 Å². The second-order valence-electron chi connectivity index (χ2n) is 5.26. The molecule has 1 N–H and O–H groups in total. The molecule has 0 heterocycles. The smallest absolute Gasteiger partial charge is 0.220 e. The average molecular weight is 282 g/mol. The molecular formula is C15H26N2OS. The first-order valence-electron chi connectivity index (χ1n) is 7.32. The molecule has 0 bridgehead atoms. The zero-order valence-electron chi connectivity index (χ0n) is 12.6. The molecule has 0 aromatic heterocycles. The third-order valence-corrected chi connectivity index (χ3v) is 4.03. The zero-order chi connectivity index (χ0) is 14.4. The Hall–Kier alpha value is -0.740. The van der Waals surface area contributed by atoms with Gasteiger partial charge in [0.15, 0.2) is 0 Å². The number of hydrogen-bond donors (Lipinski definition) is 1. The fraction of sp³-hybridized carbons (Fsp3) is 0.733. The molecule has 0 fully saturated rings. The normalized spacial score (nSPS) is 11.7. The van der Waals surface area contributed by atoms with Gasteiger partial charge in [-0.25, -0.2) is 0 Å². The largest absolute Gasteiger partial charge is 0.382 e. The van der Waals surface area contributed by atoms with Gasteiger partial charge in [0.25, 0.3) is 0 Å². The minimum atomic E-state index is 0.0300. The van der Waals surface area contributed by atoms with E-state index in [1.165, 1.54) is 0 Å². The lowest BCUT2D eigenvalue weighted by molar-refractivity contribution is 0.298. The van der Waals surface area contributed by atoms with E-state index in [1.807, 2.05) is 0 Å². The first-order valence-corrected chi connectivity index (χ1v) is 7.73. The van der Waals surface area contributed by atoms with Crippen LogP contribution in [0, 0.1) is 4.51 Å². The van der Waals surface area contributed by atoms with E-state index in [0.717, 1.165) is 50.3 Å². The number of anilines is 1. The van der Waals surface area contributed by atoms with Gasteiger partial charge in [-0.3, -0.25) is 4.79 Å². The monoisotopic (exact) mass is 282 g/mol. The quantitative estimate of drug-likeness (QED) is 0.556. The average Bonchev–Trinajstić information content (AvgIpc) is 2.40. The minimum absolute atomic E-state index is 0.0300. The van der Waals surface area contributed by atoms with Gasteiger partial charge in [0.1, 0.15) is 0 Å². The summed E-state index contributed by atoms with van der Waals surface area (Å²) in [5, 5.41) is 3.26. The molecule has 0 spiro atoms. The number of unbranched alkanes of at least 4 members (excludes halogenated alkanes) is 1. The maximum atomic E-state index is 11.7. The van der Waals surface area contributed by atoms with Crippen molar-refractivity contribution in [2.75, 3.05) is 31.5 Å². The van der Waals surface area contributed by atoms with Crippen LogP contribution in [0.25, 0.3) is 0 Å². The predicted octanol–water partition coefficient (Wildman–Crippen LogP) is 3.31. The molecule has 19 heavy (non-hydrogen) atoms. The number of nitrogens with zero attached hydrogens (tertiary/aromatic N) is 1. The van der Waals surface area contributed by atoms with Gasteiger partial charge < -0.3 is 10.2 Å². The molecule has 1 rings (SSSR count). The summed E-state index contributed by atoms with van der Waals surface area (Å²) in [4.78, 5) is 14.1. The van der Waals surface area contributed by atoms with E-state index in [1.54, 1.807) is 0 Å². The molecule has 0 aliphatic rings. The number of rotatable bonds is 9. The Bertz CT molecular complexity index is 457. The highest BCUT2D eigenvalue weighted by atomic mass is 32.1. The van der Waals surface area contributed by atoms with Gasteiger partial charge in [-0.1, -0.05) is 39.9 Å². The van der Waals surface area contributed by atoms with Crippen LogP contribution in [0.15, 0.2) is 4.79 Å². The minimum Gasteiger partial charge on any atom is -0.382 e. The van der Waals surface area contributed by atoms with Crippen molar-refractivity contribution in [3.05, 3.63) is 20.3 Å².